The van der Waals surface area contributed by atoms with E-state index in [2.05, 4.69) is 5.32 Å². The van der Waals surface area contributed by atoms with Crippen LogP contribution in [-0.2, 0) is 6.54 Å². The van der Waals surface area contributed by atoms with E-state index in [1.807, 2.05) is 42.5 Å². The first kappa shape index (κ1) is 13.9. The number of aliphatic hydroxyl groups excluding tert-OH is 1. The molecule has 110 valence electrons. The summed E-state index contributed by atoms with van der Waals surface area (Å²) < 4.78 is 10.6. The molecule has 0 fully saturated rings. The highest BCUT2D eigenvalue weighted by Gasteiger charge is 2.30. The number of nitrogens with one attached hydrogen (secondary N) is 1. The summed E-state index contributed by atoms with van der Waals surface area (Å²) in [6, 6.07) is 13.7. The lowest BCUT2D eigenvalue weighted by Crippen LogP contribution is -2.32. The molecule has 0 amide bonds. The maximum Gasteiger partial charge on any atom is 0.161 e. The van der Waals surface area contributed by atoms with Crippen LogP contribution in [0.3, 0.4) is 0 Å². The quantitative estimate of drug-likeness (QED) is 0.910. The van der Waals surface area contributed by atoms with Gasteiger partial charge >= 0.3 is 0 Å². The Kier molecular flexibility index (Phi) is 3.82. The van der Waals surface area contributed by atoms with Crippen molar-refractivity contribution < 1.29 is 14.6 Å². The van der Waals surface area contributed by atoms with Crippen molar-refractivity contribution in [3.63, 3.8) is 0 Å². The highest BCUT2D eigenvalue weighted by Crippen LogP contribution is 2.40. The number of fused-ring (bicyclic) bond motifs is 1. The van der Waals surface area contributed by atoms with Crippen molar-refractivity contribution in [1.82, 2.24) is 5.32 Å². The third-order valence-electron chi connectivity index (χ3n) is 3.95. The second-order valence-electron chi connectivity index (χ2n) is 5.12. The van der Waals surface area contributed by atoms with E-state index in [-0.39, 0.29) is 6.04 Å². The average molecular weight is 285 g/mol. The lowest BCUT2D eigenvalue weighted by Gasteiger charge is -2.32. The molecule has 2 N–H and O–H groups in total. The van der Waals surface area contributed by atoms with E-state index >= 15 is 0 Å². The summed E-state index contributed by atoms with van der Waals surface area (Å²) >= 11 is 0. The van der Waals surface area contributed by atoms with E-state index in [1.54, 1.807) is 14.2 Å². The first-order valence-electron chi connectivity index (χ1n) is 6.95. The van der Waals surface area contributed by atoms with Crippen molar-refractivity contribution in [2.24, 2.45) is 0 Å². The first-order valence-corrected chi connectivity index (χ1v) is 6.95. The van der Waals surface area contributed by atoms with E-state index in [9.17, 15) is 5.11 Å². The maximum atomic E-state index is 10.7. The van der Waals surface area contributed by atoms with Gasteiger partial charge in [-0.25, -0.2) is 0 Å². The van der Waals surface area contributed by atoms with Crippen molar-refractivity contribution in [2.45, 2.75) is 18.7 Å². The molecule has 0 unspecified atom stereocenters. The van der Waals surface area contributed by atoms with Gasteiger partial charge in [0.25, 0.3) is 0 Å². The fourth-order valence-electron chi connectivity index (χ4n) is 2.84. The molecule has 0 saturated carbocycles. The number of ether oxygens (including phenoxy) is 2. The molecule has 0 aliphatic carbocycles. The molecule has 2 aromatic carbocycles. The van der Waals surface area contributed by atoms with Crippen LogP contribution >= 0.6 is 0 Å². The van der Waals surface area contributed by atoms with E-state index in [0.29, 0.717) is 18.0 Å². The molecule has 1 aliphatic heterocycles. The number of benzene rings is 2. The van der Waals surface area contributed by atoms with Crippen LogP contribution in [0.25, 0.3) is 0 Å². The van der Waals surface area contributed by atoms with E-state index in [4.69, 9.17) is 9.47 Å². The smallest absolute Gasteiger partial charge is 0.161 e. The largest absolute Gasteiger partial charge is 0.493 e. The van der Waals surface area contributed by atoms with Gasteiger partial charge in [-0.1, -0.05) is 30.3 Å². The first-order chi connectivity index (χ1) is 10.2. The Morgan fingerprint density at radius 1 is 1.05 bits per heavy atom. The zero-order valence-corrected chi connectivity index (χ0v) is 12.2. The van der Waals surface area contributed by atoms with Crippen LogP contribution in [0, 0.1) is 0 Å². The van der Waals surface area contributed by atoms with Crippen molar-refractivity contribution in [3.8, 4) is 11.5 Å². The van der Waals surface area contributed by atoms with Crippen molar-refractivity contribution >= 4 is 0 Å². The Balaban J connectivity index is 1.99. The summed E-state index contributed by atoms with van der Waals surface area (Å²) in [5.41, 5.74) is 3.00. The number of hydrogen-bond acceptors (Lipinski definition) is 4. The monoisotopic (exact) mass is 285 g/mol. The van der Waals surface area contributed by atoms with Crippen LogP contribution in [0.4, 0.5) is 0 Å². The number of rotatable bonds is 3. The van der Waals surface area contributed by atoms with Crippen LogP contribution in [0.15, 0.2) is 42.5 Å². The molecule has 0 saturated heterocycles. The molecular weight excluding hydrogens is 266 g/mol. The van der Waals surface area contributed by atoms with Crippen LogP contribution in [0.5, 0.6) is 11.5 Å². The third kappa shape index (κ3) is 2.48. The SMILES string of the molecule is COc1cc2c(cc1OC)[C@H](O)[C@@H](c1ccccc1)NC2. The molecule has 2 atom stereocenters. The minimum Gasteiger partial charge on any atom is -0.493 e. The van der Waals surface area contributed by atoms with Crippen LogP contribution in [0.1, 0.15) is 28.8 Å². The van der Waals surface area contributed by atoms with Gasteiger partial charge in [0.1, 0.15) is 0 Å². The van der Waals surface area contributed by atoms with E-state index in [1.165, 1.54) is 0 Å². The van der Waals surface area contributed by atoms with Crippen LogP contribution < -0.4 is 14.8 Å². The minimum atomic E-state index is -0.615. The zero-order chi connectivity index (χ0) is 14.8. The van der Waals surface area contributed by atoms with Gasteiger partial charge < -0.3 is 19.9 Å². The summed E-state index contributed by atoms with van der Waals surface area (Å²) in [6.07, 6.45) is -0.615. The standard InChI is InChI=1S/C17H19NO3/c1-20-14-8-12-10-18-16(11-6-4-3-5-7-11)17(19)13(12)9-15(14)21-2/h3-9,16-19H,10H2,1-2H3/t16-,17+/m1/s1. The van der Waals surface area contributed by atoms with E-state index in [0.717, 1.165) is 16.7 Å². The fraction of sp³-hybridized carbons (Fsp3) is 0.294. The average Bonchev–Trinajstić information content (AvgIpc) is 2.55. The van der Waals surface area contributed by atoms with Gasteiger partial charge in [-0.2, -0.15) is 0 Å². The molecule has 0 aromatic heterocycles. The Hall–Kier alpha value is -2.04. The van der Waals surface area contributed by atoms with Crippen molar-refractivity contribution in [3.05, 3.63) is 59.2 Å². The molecule has 4 heteroatoms. The highest BCUT2D eigenvalue weighted by atomic mass is 16.5. The predicted octanol–water partition coefficient (Wildman–Crippen LogP) is 2.58. The third-order valence-corrected chi connectivity index (χ3v) is 3.95. The summed E-state index contributed by atoms with van der Waals surface area (Å²) in [4.78, 5) is 0. The van der Waals surface area contributed by atoms with Gasteiger partial charge in [0.15, 0.2) is 11.5 Å². The molecule has 0 spiro atoms. The number of methoxy groups -OCH3 is 2. The maximum absolute atomic E-state index is 10.7. The van der Waals surface area contributed by atoms with E-state index < -0.39 is 6.10 Å². The molecule has 3 rings (SSSR count). The molecule has 1 aliphatic rings. The predicted molar refractivity (Wildman–Crippen MR) is 80.5 cm³/mol. The Labute approximate surface area is 124 Å². The molecule has 0 radical (unpaired) electrons. The Bertz CT molecular complexity index is 627. The Morgan fingerprint density at radius 2 is 1.71 bits per heavy atom. The Morgan fingerprint density at radius 3 is 2.38 bits per heavy atom. The van der Waals surface area contributed by atoms with Gasteiger partial charge in [0.05, 0.1) is 26.4 Å². The summed E-state index contributed by atoms with van der Waals surface area (Å²) in [7, 11) is 3.22. The van der Waals surface area contributed by atoms with Gasteiger partial charge in [-0.15, -0.1) is 0 Å². The minimum absolute atomic E-state index is 0.114. The van der Waals surface area contributed by atoms with Gasteiger partial charge in [0.2, 0.25) is 0 Å². The molecule has 21 heavy (non-hydrogen) atoms. The zero-order valence-electron chi connectivity index (χ0n) is 12.2. The van der Waals surface area contributed by atoms with Crippen LogP contribution in [0.2, 0.25) is 0 Å². The van der Waals surface area contributed by atoms with Crippen molar-refractivity contribution in [1.29, 1.82) is 0 Å². The topological polar surface area (TPSA) is 50.7 Å². The van der Waals surface area contributed by atoms with Crippen molar-refractivity contribution in [2.75, 3.05) is 14.2 Å². The number of aliphatic hydroxyl groups is 1. The molecular formula is C17H19NO3. The summed E-state index contributed by atoms with van der Waals surface area (Å²) in [6.45, 7) is 0.687. The van der Waals surface area contributed by atoms with Gasteiger partial charge in [0, 0.05) is 6.54 Å². The summed E-state index contributed by atoms with van der Waals surface area (Å²) in [5, 5.41) is 14.1. The molecule has 1 heterocycles. The molecule has 4 nitrogen and oxygen atoms in total. The van der Waals surface area contributed by atoms with Gasteiger partial charge in [-0.3, -0.25) is 0 Å². The normalized spacial score (nSPS) is 20.7. The number of hydrogen-bond donors (Lipinski definition) is 2. The lowest BCUT2D eigenvalue weighted by molar-refractivity contribution is 0.117. The lowest BCUT2D eigenvalue weighted by atomic mass is 9.88. The second kappa shape index (κ2) is 5.76. The van der Waals surface area contributed by atoms with Crippen LogP contribution in [-0.4, -0.2) is 19.3 Å². The fourth-order valence-corrected chi connectivity index (χ4v) is 2.84. The molecule has 2 aromatic rings. The van der Waals surface area contributed by atoms with Gasteiger partial charge in [-0.05, 0) is 28.8 Å². The summed E-state index contributed by atoms with van der Waals surface area (Å²) in [5.74, 6) is 1.33. The second-order valence-corrected chi connectivity index (χ2v) is 5.12. The molecule has 0 bridgehead atoms. The highest BCUT2D eigenvalue weighted by molar-refractivity contribution is 5.49.